The molecule has 1 saturated heterocycles. The van der Waals surface area contributed by atoms with E-state index < -0.39 is 17.8 Å². The van der Waals surface area contributed by atoms with Gasteiger partial charge in [0.15, 0.2) is 11.5 Å². The Labute approximate surface area is 228 Å². The van der Waals surface area contributed by atoms with Crippen molar-refractivity contribution >= 4 is 29.6 Å². The number of carbonyl (C=O) groups is 3. The molecule has 202 valence electrons. The maximum Gasteiger partial charge on any atom is 0.335 e. The van der Waals surface area contributed by atoms with Crippen LogP contribution in [0.3, 0.4) is 0 Å². The summed E-state index contributed by atoms with van der Waals surface area (Å²) in [5.41, 5.74) is 4.13. The smallest absolute Gasteiger partial charge is 0.335 e. The molecule has 4 amide bonds. The van der Waals surface area contributed by atoms with Crippen molar-refractivity contribution in [3.8, 4) is 17.2 Å². The number of hydrogen-bond donors (Lipinski definition) is 1. The summed E-state index contributed by atoms with van der Waals surface area (Å²) in [6.07, 6.45) is 2.29. The number of benzene rings is 3. The Morgan fingerprint density at radius 3 is 2.28 bits per heavy atom. The second kappa shape index (κ2) is 12.3. The molecule has 0 saturated carbocycles. The van der Waals surface area contributed by atoms with E-state index in [4.69, 9.17) is 14.2 Å². The van der Waals surface area contributed by atoms with Crippen LogP contribution < -0.4 is 24.4 Å². The molecule has 1 N–H and O–H groups in total. The van der Waals surface area contributed by atoms with Crippen LogP contribution in [-0.2, 0) is 16.2 Å². The molecule has 0 aliphatic carbocycles. The van der Waals surface area contributed by atoms with Gasteiger partial charge in [0.05, 0.1) is 18.9 Å². The first-order valence-corrected chi connectivity index (χ1v) is 12.9. The normalized spacial score (nSPS) is 14.4. The number of imide groups is 2. The van der Waals surface area contributed by atoms with E-state index in [2.05, 4.69) is 31.3 Å². The molecule has 39 heavy (non-hydrogen) atoms. The lowest BCUT2D eigenvalue weighted by Gasteiger charge is -2.26. The lowest BCUT2D eigenvalue weighted by Crippen LogP contribution is -2.54. The topological polar surface area (TPSA) is 94.2 Å². The average molecular weight is 529 g/mol. The Kier molecular flexibility index (Phi) is 8.66. The van der Waals surface area contributed by atoms with Gasteiger partial charge in [0.2, 0.25) is 0 Å². The van der Waals surface area contributed by atoms with Crippen LogP contribution in [0.25, 0.3) is 6.08 Å². The summed E-state index contributed by atoms with van der Waals surface area (Å²) in [5, 5.41) is 2.25. The highest BCUT2D eigenvalue weighted by atomic mass is 16.5. The predicted octanol–water partition coefficient (Wildman–Crippen LogP) is 5.74. The fourth-order valence-corrected chi connectivity index (χ4v) is 4.03. The molecule has 0 unspecified atom stereocenters. The van der Waals surface area contributed by atoms with Crippen LogP contribution in [-0.4, -0.2) is 31.1 Å². The third-order valence-electron chi connectivity index (χ3n) is 6.21. The van der Waals surface area contributed by atoms with Crippen molar-refractivity contribution in [2.45, 2.75) is 40.7 Å². The molecule has 1 fully saturated rings. The molecule has 0 spiro atoms. The third-order valence-corrected chi connectivity index (χ3v) is 6.21. The second-order valence-corrected chi connectivity index (χ2v) is 9.15. The maximum atomic E-state index is 13.3. The second-order valence-electron chi connectivity index (χ2n) is 9.15. The quantitative estimate of drug-likeness (QED) is 0.267. The molecule has 4 rings (SSSR count). The highest BCUT2D eigenvalue weighted by Crippen LogP contribution is 2.31. The first kappa shape index (κ1) is 27.4. The van der Waals surface area contributed by atoms with E-state index in [0.29, 0.717) is 48.3 Å². The number of urea groups is 1. The molecule has 0 aromatic heterocycles. The summed E-state index contributed by atoms with van der Waals surface area (Å²) < 4.78 is 17.4. The number of anilines is 1. The minimum absolute atomic E-state index is 0.174. The first-order valence-electron chi connectivity index (χ1n) is 12.9. The van der Waals surface area contributed by atoms with Crippen LogP contribution in [0.4, 0.5) is 10.5 Å². The van der Waals surface area contributed by atoms with Crippen molar-refractivity contribution < 1.29 is 28.6 Å². The molecule has 3 aromatic carbocycles. The summed E-state index contributed by atoms with van der Waals surface area (Å²) in [5.74, 6) is 0.158. The Hall–Kier alpha value is -4.59. The van der Waals surface area contributed by atoms with Gasteiger partial charge in [-0.25, -0.2) is 9.69 Å². The third kappa shape index (κ3) is 6.46. The Morgan fingerprint density at radius 1 is 0.821 bits per heavy atom. The van der Waals surface area contributed by atoms with Crippen molar-refractivity contribution in [2.75, 3.05) is 18.1 Å². The number of aryl methyl sites for hydroxylation is 2. The zero-order valence-electron chi connectivity index (χ0n) is 22.6. The highest BCUT2D eigenvalue weighted by molar-refractivity contribution is 6.39. The van der Waals surface area contributed by atoms with Crippen LogP contribution in [0.15, 0.2) is 66.2 Å². The summed E-state index contributed by atoms with van der Waals surface area (Å²) in [7, 11) is 0. The minimum atomic E-state index is -0.811. The highest BCUT2D eigenvalue weighted by Gasteiger charge is 2.36. The van der Waals surface area contributed by atoms with Crippen molar-refractivity contribution in [1.82, 2.24) is 5.32 Å². The largest absolute Gasteiger partial charge is 0.494 e. The molecule has 8 nitrogen and oxygen atoms in total. The van der Waals surface area contributed by atoms with E-state index in [-0.39, 0.29) is 5.57 Å². The average Bonchev–Trinajstić information content (AvgIpc) is 2.92. The van der Waals surface area contributed by atoms with Gasteiger partial charge in [-0.3, -0.25) is 14.9 Å². The number of hydrogen-bond acceptors (Lipinski definition) is 6. The van der Waals surface area contributed by atoms with E-state index in [1.54, 1.807) is 42.5 Å². The summed E-state index contributed by atoms with van der Waals surface area (Å²) in [6, 6.07) is 17.1. The van der Waals surface area contributed by atoms with Crippen LogP contribution >= 0.6 is 0 Å². The van der Waals surface area contributed by atoms with Gasteiger partial charge in [-0.1, -0.05) is 31.2 Å². The van der Waals surface area contributed by atoms with E-state index in [1.165, 1.54) is 17.2 Å². The minimum Gasteiger partial charge on any atom is -0.494 e. The molecule has 1 aliphatic rings. The number of ether oxygens (including phenoxy) is 3. The predicted molar refractivity (Wildman–Crippen MR) is 149 cm³/mol. The standard InChI is InChI=1S/C31H32N2O6/c1-5-15-38-25-12-10-24(11-13-25)33-30(35)26(29(34)32-31(33)36)17-22-9-14-27(28(18-22)37-6-2)39-19-23-8-7-20(3)21(4)16-23/h7-14,16-18H,5-6,15,19H2,1-4H3,(H,32,34,36)/b26-17-. The first-order chi connectivity index (χ1) is 18.8. The van der Waals surface area contributed by atoms with Gasteiger partial charge in [-0.15, -0.1) is 0 Å². The van der Waals surface area contributed by atoms with E-state index in [9.17, 15) is 14.4 Å². The van der Waals surface area contributed by atoms with Gasteiger partial charge < -0.3 is 14.2 Å². The zero-order valence-corrected chi connectivity index (χ0v) is 22.6. The van der Waals surface area contributed by atoms with Gasteiger partial charge >= 0.3 is 6.03 Å². The number of barbiturate groups is 1. The number of carbonyl (C=O) groups excluding carboxylic acids is 3. The lowest BCUT2D eigenvalue weighted by molar-refractivity contribution is -0.122. The summed E-state index contributed by atoms with van der Waals surface area (Å²) in [6.45, 7) is 9.30. The van der Waals surface area contributed by atoms with E-state index in [0.717, 1.165) is 16.9 Å². The number of nitrogens with zero attached hydrogens (tertiary/aromatic N) is 1. The lowest BCUT2D eigenvalue weighted by atomic mass is 10.1. The van der Waals surface area contributed by atoms with Gasteiger partial charge in [0, 0.05) is 0 Å². The Bertz CT molecular complexity index is 1410. The summed E-state index contributed by atoms with van der Waals surface area (Å²) >= 11 is 0. The Balaban J connectivity index is 1.57. The Morgan fingerprint density at radius 2 is 1.59 bits per heavy atom. The molecular weight excluding hydrogens is 496 g/mol. The van der Waals surface area contributed by atoms with E-state index in [1.807, 2.05) is 19.9 Å². The molecule has 1 aliphatic heterocycles. The van der Waals surface area contributed by atoms with Gasteiger partial charge in [-0.2, -0.15) is 0 Å². The van der Waals surface area contributed by atoms with Gasteiger partial charge in [0.1, 0.15) is 17.9 Å². The monoisotopic (exact) mass is 528 g/mol. The number of rotatable bonds is 10. The van der Waals surface area contributed by atoms with Crippen molar-refractivity contribution in [1.29, 1.82) is 0 Å². The van der Waals surface area contributed by atoms with Gasteiger partial charge in [0.25, 0.3) is 11.8 Å². The van der Waals surface area contributed by atoms with Crippen molar-refractivity contribution in [3.63, 3.8) is 0 Å². The fraction of sp³-hybridized carbons (Fsp3) is 0.258. The van der Waals surface area contributed by atoms with Crippen LogP contribution in [0.5, 0.6) is 17.2 Å². The van der Waals surface area contributed by atoms with Crippen LogP contribution in [0.2, 0.25) is 0 Å². The van der Waals surface area contributed by atoms with Crippen molar-refractivity contribution in [2.24, 2.45) is 0 Å². The molecule has 0 atom stereocenters. The summed E-state index contributed by atoms with van der Waals surface area (Å²) in [4.78, 5) is 39.4. The van der Waals surface area contributed by atoms with Crippen LogP contribution in [0.1, 0.15) is 42.5 Å². The SMILES string of the molecule is CCCOc1ccc(N2C(=O)NC(=O)/C(=C/c3ccc(OCc4ccc(C)c(C)c4)c(OCC)c3)C2=O)cc1. The molecule has 1 heterocycles. The molecule has 0 radical (unpaired) electrons. The van der Waals surface area contributed by atoms with E-state index >= 15 is 0 Å². The molecule has 0 bridgehead atoms. The van der Waals surface area contributed by atoms with Crippen molar-refractivity contribution in [3.05, 3.63) is 88.5 Å². The number of amides is 4. The van der Waals surface area contributed by atoms with Gasteiger partial charge in [-0.05, 0) is 91.9 Å². The maximum absolute atomic E-state index is 13.3. The molecule has 8 heteroatoms. The van der Waals surface area contributed by atoms with Crippen LogP contribution in [0, 0.1) is 13.8 Å². The molecular formula is C31H32N2O6. The molecule has 3 aromatic rings. The fourth-order valence-electron chi connectivity index (χ4n) is 4.03. The zero-order chi connectivity index (χ0) is 27.9. The number of nitrogens with one attached hydrogen (secondary N) is 1.